The molecule has 0 radical (unpaired) electrons. The standard InChI is InChI=1S/C23H20N6O4S/c1-2-32-22(31)17-10-8-16(9-11-17)20-13-12-19(33-20)14-24-25-21(30)15-34-23-26-27-28-29(23)18-6-4-3-5-7-18/h3-14H,2,15H2,1H3,(H,25,30)/b24-14-. The Labute approximate surface area is 199 Å². The Kier molecular flexibility index (Phi) is 7.45. The summed E-state index contributed by atoms with van der Waals surface area (Å²) in [6.45, 7) is 2.08. The molecule has 1 amide bonds. The first-order valence-corrected chi connectivity index (χ1v) is 11.3. The summed E-state index contributed by atoms with van der Waals surface area (Å²) in [4.78, 5) is 23.9. The highest BCUT2D eigenvalue weighted by atomic mass is 32.2. The van der Waals surface area contributed by atoms with E-state index in [2.05, 4.69) is 26.1 Å². The van der Waals surface area contributed by atoms with E-state index < -0.39 is 0 Å². The number of furan rings is 1. The Hall–Kier alpha value is -4.25. The van der Waals surface area contributed by atoms with E-state index in [1.54, 1.807) is 48.0 Å². The van der Waals surface area contributed by atoms with Gasteiger partial charge in [-0.3, -0.25) is 4.79 Å². The van der Waals surface area contributed by atoms with Crippen LogP contribution in [0, 0.1) is 0 Å². The van der Waals surface area contributed by atoms with Gasteiger partial charge in [-0.1, -0.05) is 42.1 Å². The van der Waals surface area contributed by atoms with Crippen LogP contribution >= 0.6 is 11.8 Å². The number of aromatic nitrogens is 4. The molecule has 0 aliphatic rings. The summed E-state index contributed by atoms with van der Waals surface area (Å²) in [5, 5.41) is 16.0. The molecule has 1 N–H and O–H groups in total. The van der Waals surface area contributed by atoms with Crippen LogP contribution in [0.1, 0.15) is 23.0 Å². The van der Waals surface area contributed by atoms with E-state index in [0.717, 1.165) is 11.3 Å². The van der Waals surface area contributed by atoms with Gasteiger partial charge in [0.1, 0.15) is 11.5 Å². The molecule has 2 aromatic heterocycles. The minimum absolute atomic E-state index is 0.0841. The lowest BCUT2D eigenvalue weighted by atomic mass is 10.1. The van der Waals surface area contributed by atoms with Crippen molar-refractivity contribution in [3.8, 4) is 17.0 Å². The van der Waals surface area contributed by atoms with Crippen molar-refractivity contribution in [1.29, 1.82) is 0 Å². The Morgan fingerprint density at radius 3 is 2.68 bits per heavy atom. The van der Waals surface area contributed by atoms with Crippen LogP contribution in [0.15, 0.2) is 81.4 Å². The predicted octanol–water partition coefficient (Wildman–Crippen LogP) is 3.34. The molecule has 0 saturated heterocycles. The normalized spacial score (nSPS) is 11.0. The highest BCUT2D eigenvalue weighted by Gasteiger charge is 2.11. The third-order valence-corrected chi connectivity index (χ3v) is 5.38. The van der Waals surface area contributed by atoms with Gasteiger partial charge >= 0.3 is 5.97 Å². The quantitative estimate of drug-likeness (QED) is 0.169. The minimum Gasteiger partial charge on any atom is -0.462 e. The van der Waals surface area contributed by atoms with Gasteiger partial charge in [0.25, 0.3) is 5.91 Å². The zero-order valence-corrected chi connectivity index (χ0v) is 18.9. The zero-order chi connectivity index (χ0) is 23.8. The Bertz CT molecular complexity index is 1280. The summed E-state index contributed by atoms with van der Waals surface area (Å²) < 4.78 is 12.3. The number of hydrogen-bond donors (Lipinski definition) is 1. The maximum absolute atomic E-state index is 12.1. The number of rotatable bonds is 9. The van der Waals surface area contributed by atoms with Gasteiger partial charge in [-0.2, -0.15) is 9.78 Å². The SMILES string of the molecule is CCOC(=O)c1ccc(-c2ccc(/C=N\NC(=O)CSc3nnnn3-c3ccccc3)o2)cc1. The van der Waals surface area contributed by atoms with Crippen molar-refractivity contribution in [2.75, 3.05) is 12.4 Å². The van der Waals surface area contributed by atoms with E-state index in [4.69, 9.17) is 9.15 Å². The number of tetrazole rings is 1. The van der Waals surface area contributed by atoms with Crippen LogP contribution < -0.4 is 5.43 Å². The largest absolute Gasteiger partial charge is 0.462 e. The fourth-order valence-electron chi connectivity index (χ4n) is 2.89. The molecule has 0 fully saturated rings. The Balaban J connectivity index is 1.29. The first kappa shape index (κ1) is 22.9. The summed E-state index contributed by atoms with van der Waals surface area (Å²) in [5.74, 6) is 0.467. The van der Waals surface area contributed by atoms with Crippen LogP contribution in [-0.2, 0) is 9.53 Å². The lowest BCUT2D eigenvalue weighted by Gasteiger charge is -2.03. The number of benzene rings is 2. The highest BCUT2D eigenvalue weighted by molar-refractivity contribution is 7.99. The average molecular weight is 477 g/mol. The molecule has 172 valence electrons. The molecule has 4 rings (SSSR count). The van der Waals surface area contributed by atoms with Crippen molar-refractivity contribution in [2.45, 2.75) is 12.1 Å². The molecular formula is C23H20N6O4S. The number of para-hydroxylation sites is 1. The van der Waals surface area contributed by atoms with Gasteiger partial charge in [0, 0.05) is 5.56 Å². The number of amides is 1. The smallest absolute Gasteiger partial charge is 0.338 e. The fraction of sp³-hybridized carbons (Fsp3) is 0.130. The van der Waals surface area contributed by atoms with Crippen molar-refractivity contribution >= 4 is 29.9 Å². The Morgan fingerprint density at radius 2 is 1.91 bits per heavy atom. The third-order valence-electron chi connectivity index (χ3n) is 4.46. The van der Waals surface area contributed by atoms with Crippen LogP contribution in [0.2, 0.25) is 0 Å². The van der Waals surface area contributed by atoms with Crippen molar-refractivity contribution in [3.63, 3.8) is 0 Å². The molecule has 0 saturated carbocycles. The molecule has 2 heterocycles. The third kappa shape index (κ3) is 5.75. The molecule has 0 aliphatic heterocycles. The summed E-state index contributed by atoms with van der Waals surface area (Å²) in [5.41, 5.74) is 4.52. The molecule has 2 aromatic carbocycles. The van der Waals surface area contributed by atoms with Crippen LogP contribution in [0.3, 0.4) is 0 Å². The van der Waals surface area contributed by atoms with E-state index in [-0.39, 0.29) is 17.6 Å². The Morgan fingerprint density at radius 1 is 1.12 bits per heavy atom. The van der Waals surface area contributed by atoms with Crippen LogP contribution in [0.5, 0.6) is 0 Å². The second-order valence-corrected chi connectivity index (χ2v) is 7.73. The van der Waals surface area contributed by atoms with Crippen molar-refractivity contribution in [3.05, 3.63) is 78.1 Å². The number of esters is 1. The molecule has 10 nitrogen and oxygen atoms in total. The first-order chi connectivity index (χ1) is 16.6. The van der Waals surface area contributed by atoms with Crippen molar-refractivity contribution in [1.82, 2.24) is 25.6 Å². The van der Waals surface area contributed by atoms with Crippen LogP contribution in [0.25, 0.3) is 17.0 Å². The summed E-state index contributed by atoms with van der Waals surface area (Å²) in [7, 11) is 0. The minimum atomic E-state index is -0.369. The second kappa shape index (κ2) is 11.1. The van der Waals surface area contributed by atoms with E-state index in [0.29, 0.717) is 28.8 Å². The molecule has 0 atom stereocenters. The van der Waals surface area contributed by atoms with Gasteiger partial charge in [-0.05, 0) is 53.7 Å². The summed E-state index contributed by atoms with van der Waals surface area (Å²) >= 11 is 1.19. The van der Waals surface area contributed by atoms with Gasteiger partial charge in [0.05, 0.1) is 29.8 Å². The number of carbonyl (C=O) groups excluding carboxylic acids is 2. The van der Waals surface area contributed by atoms with Crippen molar-refractivity contribution in [2.24, 2.45) is 5.10 Å². The monoisotopic (exact) mass is 476 g/mol. The maximum Gasteiger partial charge on any atom is 0.338 e. The van der Waals surface area contributed by atoms with E-state index in [1.165, 1.54) is 18.0 Å². The highest BCUT2D eigenvalue weighted by Crippen LogP contribution is 2.22. The second-order valence-electron chi connectivity index (χ2n) is 6.79. The number of nitrogens with zero attached hydrogens (tertiary/aromatic N) is 5. The van der Waals surface area contributed by atoms with Gasteiger partial charge in [0.2, 0.25) is 5.16 Å². The predicted molar refractivity (Wildman–Crippen MR) is 126 cm³/mol. The molecule has 4 aromatic rings. The van der Waals surface area contributed by atoms with Gasteiger partial charge in [-0.15, -0.1) is 5.10 Å². The fourth-order valence-corrected chi connectivity index (χ4v) is 3.58. The maximum atomic E-state index is 12.1. The molecule has 0 bridgehead atoms. The van der Waals surface area contributed by atoms with Crippen LogP contribution in [-0.4, -0.2) is 50.7 Å². The molecule has 11 heteroatoms. The number of carbonyl (C=O) groups is 2. The number of hydrogen-bond acceptors (Lipinski definition) is 9. The topological polar surface area (TPSA) is 124 Å². The van der Waals surface area contributed by atoms with E-state index in [1.807, 2.05) is 30.3 Å². The van der Waals surface area contributed by atoms with E-state index >= 15 is 0 Å². The molecule has 0 unspecified atom stereocenters. The molecular weight excluding hydrogens is 456 g/mol. The van der Waals surface area contributed by atoms with E-state index in [9.17, 15) is 9.59 Å². The molecule has 34 heavy (non-hydrogen) atoms. The summed E-state index contributed by atoms with van der Waals surface area (Å²) in [6.07, 6.45) is 1.41. The van der Waals surface area contributed by atoms with Gasteiger partial charge in [-0.25, -0.2) is 10.2 Å². The van der Waals surface area contributed by atoms with Crippen LogP contribution in [0.4, 0.5) is 0 Å². The number of thioether (sulfide) groups is 1. The first-order valence-electron chi connectivity index (χ1n) is 10.3. The number of ether oxygens (including phenoxy) is 1. The number of nitrogens with one attached hydrogen (secondary N) is 1. The zero-order valence-electron chi connectivity index (χ0n) is 18.1. The molecule has 0 spiro atoms. The lowest BCUT2D eigenvalue weighted by Crippen LogP contribution is -2.19. The van der Waals surface area contributed by atoms with Gasteiger partial charge < -0.3 is 9.15 Å². The molecule has 0 aliphatic carbocycles. The van der Waals surface area contributed by atoms with Crippen molar-refractivity contribution < 1.29 is 18.7 Å². The van der Waals surface area contributed by atoms with Gasteiger partial charge in [0.15, 0.2) is 0 Å². The number of hydrazone groups is 1. The average Bonchev–Trinajstić information content (AvgIpc) is 3.53. The summed E-state index contributed by atoms with van der Waals surface area (Å²) in [6, 6.07) is 19.8. The lowest BCUT2D eigenvalue weighted by molar-refractivity contribution is -0.118.